The van der Waals surface area contributed by atoms with E-state index in [9.17, 15) is 8.78 Å². The number of rotatable bonds is 9. The number of para-hydroxylation sites is 1. The first-order valence-electron chi connectivity index (χ1n) is 11.6. The number of anilines is 1. The molecule has 0 saturated heterocycles. The van der Waals surface area contributed by atoms with Crippen LogP contribution in [0, 0.1) is 18.6 Å². The van der Waals surface area contributed by atoms with E-state index in [0.29, 0.717) is 39.1 Å². The van der Waals surface area contributed by atoms with E-state index in [1.165, 1.54) is 25.3 Å². The Hall–Kier alpha value is -2.60. The van der Waals surface area contributed by atoms with Crippen LogP contribution >= 0.6 is 23.2 Å². The first-order chi connectivity index (χ1) is 16.7. The largest absolute Gasteiger partial charge is 0.398 e. The van der Waals surface area contributed by atoms with E-state index in [1.807, 2.05) is 24.3 Å². The highest BCUT2D eigenvalue weighted by Crippen LogP contribution is 2.26. The van der Waals surface area contributed by atoms with Gasteiger partial charge in [-0.3, -0.25) is 5.32 Å². The molecule has 0 radical (unpaired) electrons. The number of nitrogen functional groups attached to an aromatic ring is 1. The Labute approximate surface area is 217 Å². The normalized spacial score (nSPS) is 11.4. The van der Waals surface area contributed by atoms with Gasteiger partial charge in [-0.05, 0) is 42.3 Å². The zero-order chi connectivity index (χ0) is 26.0. The zero-order valence-corrected chi connectivity index (χ0v) is 21.9. The topological polar surface area (TPSA) is 50.1 Å². The molecule has 0 saturated carbocycles. The molecule has 3 rings (SSSR count). The fourth-order valence-corrected chi connectivity index (χ4v) is 3.93. The average molecular weight is 520 g/mol. The van der Waals surface area contributed by atoms with Crippen molar-refractivity contribution >= 4 is 34.6 Å². The summed E-state index contributed by atoms with van der Waals surface area (Å²) in [4.78, 5) is 0. The highest BCUT2D eigenvalue weighted by molar-refractivity contribution is 6.35. The van der Waals surface area contributed by atoms with E-state index in [4.69, 9.17) is 28.9 Å². The summed E-state index contributed by atoms with van der Waals surface area (Å²) in [6, 6.07) is 14.6. The summed E-state index contributed by atoms with van der Waals surface area (Å²) in [7, 11) is 0. The molecule has 0 aliphatic rings. The SMILES string of the molecule is C=C(NC(NCc1ccc(Cl)cc1Cl)c1ccccc1N)c1cc(F)cc(F)c1C.CCCCC. The summed E-state index contributed by atoms with van der Waals surface area (Å²) in [5.74, 6) is -1.31. The fraction of sp³-hybridized carbons (Fsp3) is 0.286. The van der Waals surface area contributed by atoms with Gasteiger partial charge in [0.1, 0.15) is 17.8 Å². The smallest absolute Gasteiger partial charge is 0.129 e. The quantitative estimate of drug-likeness (QED) is 0.196. The molecule has 0 spiro atoms. The Kier molecular flexibility index (Phi) is 11.5. The second kappa shape index (κ2) is 14.1. The second-order valence-electron chi connectivity index (χ2n) is 8.22. The average Bonchev–Trinajstić information content (AvgIpc) is 2.81. The zero-order valence-electron chi connectivity index (χ0n) is 20.4. The van der Waals surface area contributed by atoms with Gasteiger partial charge in [0.2, 0.25) is 0 Å². The lowest BCUT2D eigenvalue weighted by Gasteiger charge is -2.25. The molecule has 35 heavy (non-hydrogen) atoms. The monoisotopic (exact) mass is 519 g/mol. The first-order valence-corrected chi connectivity index (χ1v) is 12.4. The van der Waals surface area contributed by atoms with Crippen LogP contribution in [0.1, 0.15) is 61.5 Å². The summed E-state index contributed by atoms with van der Waals surface area (Å²) in [6.07, 6.45) is 3.59. The summed E-state index contributed by atoms with van der Waals surface area (Å²) < 4.78 is 27.8. The number of unbranched alkanes of at least 4 members (excludes halogenated alkanes) is 2. The van der Waals surface area contributed by atoms with Gasteiger partial charge in [0.05, 0.1) is 0 Å². The fourth-order valence-electron chi connectivity index (χ4n) is 3.45. The highest BCUT2D eigenvalue weighted by atomic mass is 35.5. The molecule has 0 fully saturated rings. The number of nitrogens with one attached hydrogen (secondary N) is 2. The first kappa shape index (κ1) is 28.6. The molecule has 4 N–H and O–H groups in total. The van der Waals surface area contributed by atoms with E-state index in [-0.39, 0.29) is 0 Å². The lowest BCUT2D eigenvalue weighted by atomic mass is 10.0. The van der Waals surface area contributed by atoms with Gasteiger partial charge in [-0.2, -0.15) is 0 Å². The van der Waals surface area contributed by atoms with Crippen molar-refractivity contribution in [2.75, 3.05) is 5.73 Å². The summed E-state index contributed by atoms with van der Waals surface area (Å²) in [5.41, 5.74) is 9.31. The summed E-state index contributed by atoms with van der Waals surface area (Å²) in [6.45, 7) is 10.4. The summed E-state index contributed by atoms with van der Waals surface area (Å²) in [5, 5.41) is 7.60. The maximum Gasteiger partial charge on any atom is 0.129 e. The number of hydrogen-bond donors (Lipinski definition) is 3. The standard InChI is InChI=1S/C23H21Cl2F2N3.C5H12/c1-13-19(10-17(26)11-21(13)27)14(2)30-23(18-5-3-4-6-22(18)28)29-12-15-7-8-16(24)9-20(15)25;1-3-5-4-2/h3-11,23,29-30H,2,12,28H2,1H3;3-5H2,1-2H3. The van der Waals surface area contributed by atoms with E-state index in [0.717, 1.165) is 17.2 Å². The highest BCUT2D eigenvalue weighted by Gasteiger charge is 2.18. The van der Waals surface area contributed by atoms with Crippen LogP contribution in [-0.2, 0) is 6.54 Å². The Balaban J connectivity index is 0.000000784. The molecule has 3 nitrogen and oxygen atoms in total. The van der Waals surface area contributed by atoms with Crippen molar-refractivity contribution in [2.24, 2.45) is 0 Å². The number of halogens is 4. The van der Waals surface area contributed by atoms with Gasteiger partial charge in [0.25, 0.3) is 0 Å². The lowest BCUT2D eigenvalue weighted by molar-refractivity contribution is 0.498. The summed E-state index contributed by atoms with van der Waals surface area (Å²) >= 11 is 12.2. The second-order valence-corrected chi connectivity index (χ2v) is 9.06. The molecule has 0 aliphatic heterocycles. The number of hydrogen-bond acceptors (Lipinski definition) is 3. The van der Waals surface area contributed by atoms with Gasteiger partial charge >= 0.3 is 0 Å². The van der Waals surface area contributed by atoms with Crippen molar-refractivity contribution in [2.45, 2.75) is 52.7 Å². The molecule has 3 aromatic rings. The minimum atomic E-state index is -0.673. The van der Waals surface area contributed by atoms with Gasteiger partial charge in [-0.25, -0.2) is 8.78 Å². The Bertz CT molecular complexity index is 1130. The maximum absolute atomic E-state index is 14.0. The van der Waals surface area contributed by atoms with Crippen molar-refractivity contribution in [3.63, 3.8) is 0 Å². The number of benzene rings is 3. The van der Waals surface area contributed by atoms with Crippen molar-refractivity contribution < 1.29 is 8.78 Å². The van der Waals surface area contributed by atoms with Crippen LogP contribution in [0.4, 0.5) is 14.5 Å². The van der Waals surface area contributed by atoms with E-state index < -0.39 is 17.8 Å². The molecular weight excluding hydrogens is 487 g/mol. The van der Waals surface area contributed by atoms with E-state index >= 15 is 0 Å². The Morgan fingerprint density at radius 1 is 1.03 bits per heavy atom. The van der Waals surface area contributed by atoms with E-state index in [1.54, 1.807) is 25.1 Å². The van der Waals surface area contributed by atoms with Gasteiger partial charge in [0.15, 0.2) is 0 Å². The molecule has 0 bridgehead atoms. The third-order valence-electron chi connectivity index (χ3n) is 5.48. The maximum atomic E-state index is 14.0. The van der Waals surface area contributed by atoms with Crippen LogP contribution in [0.15, 0.2) is 61.2 Å². The molecule has 1 unspecified atom stereocenters. The van der Waals surface area contributed by atoms with Crippen LogP contribution < -0.4 is 16.4 Å². The predicted octanol–water partition coefficient (Wildman–Crippen LogP) is 8.41. The van der Waals surface area contributed by atoms with Crippen molar-refractivity contribution in [1.29, 1.82) is 0 Å². The molecular formula is C28H33Cl2F2N3. The van der Waals surface area contributed by atoms with Crippen LogP contribution in [0.25, 0.3) is 5.70 Å². The van der Waals surface area contributed by atoms with Crippen LogP contribution in [0.5, 0.6) is 0 Å². The third kappa shape index (κ3) is 8.53. The molecule has 0 heterocycles. The molecule has 7 heteroatoms. The third-order valence-corrected chi connectivity index (χ3v) is 6.07. The minimum Gasteiger partial charge on any atom is -0.398 e. The Morgan fingerprint density at radius 3 is 2.31 bits per heavy atom. The lowest BCUT2D eigenvalue weighted by Crippen LogP contribution is -2.33. The molecule has 0 aromatic heterocycles. The van der Waals surface area contributed by atoms with E-state index in [2.05, 4.69) is 31.1 Å². The van der Waals surface area contributed by atoms with Crippen molar-refractivity contribution in [3.05, 3.63) is 105 Å². The van der Waals surface area contributed by atoms with Gasteiger partial charge in [-0.15, -0.1) is 0 Å². The van der Waals surface area contributed by atoms with Crippen molar-refractivity contribution in [3.8, 4) is 0 Å². The van der Waals surface area contributed by atoms with Crippen molar-refractivity contribution in [1.82, 2.24) is 10.6 Å². The Morgan fingerprint density at radius 2 is 1.71 bits per heavy atom. The van der Waals surface area contributed by atoms with Crippen LogP contribution in [0.3, 0.4) is 0 Å². The molecule has 0 aliphatic carbocycles. The molecule has 1 atom stereocenters. The van der Waals surface area contributed by atoms with Gasteiger partial charge in [-0.1, -0.05) is 87.2 Å². The number of nitrogens with two attached hydrogens (primary N) is 1. The minimum absolute atomic E-state index is 0.300. The molecule has 3 aromatic carbocycles. The van der Waals surface area contributed by atoms with Gasteiger partial charge in [0, 0.05) is 45.2 Å². The molecule has 0 amide bonds. The van der Waals surface area contributed by atoms with Crippen LogP contribution in [0.2, 0.25) is 10.0 Å². The predicted molar refractivity (Wildman–Crippen MR) is 145 cm³/mol. The molecule has 188 valence electrons. The van der Waals surface area contributed by atoms with Gasteiger partial charge < -0.3 is 11.1 Å². The van der Waals surface area contributed by atoms with Crippen LogP contribution in [-0.4, -0.2) is 0 Å².